The number of nitrogens with two attached hydrogens (primary N) is 1. The highest BCUT2D eigenvalue weighted by Gasteiger charge is 2.21. The van der Waals surface area contributed by atoms with Crippen LogP contribution in [0.1, 0.15) is 22.3 Å². The number of amidine groups is 1. The quantitative estimate of drug-likeness (QED) is 0.147. The molecule has 0 spiro atoms. The van der Waals surface area contributed by atoms with Crippen molar-refractivity contribution < 1.29 is 27.8 Å². The summed E-state index contributed by atoms with van der Waals surface area (Å²) in [5.41, 5.74) is 7.71. The van der Waals surface area contributed by atoms with E-state index in [4.69, 9.17) is 20.6 Å². The van der Waals surface area contributed by atoms with Crippen LogP contribution in [0.3, 0.4) is 0 Å². The Morgan fingerprint density at radius 1 is 1.03 bits per heavy atom. The molecule has 198 valence electrons. The number of amides is 1. The molecular weight excluding hydrogens is 520 g/mol. The zero-order valence-corrected chi connectivity index (χ0v) is 22.1. The average Bonchev–Trinajstić information content (AvgIpc) is 2.86. The molecule has 0 aliphatic rings. The van der Waals surface area contributed by atoms with Crippen molar-refractivity contribution in [3.63, 3.8) is 0 Å². The van der Waals surface area contributed by atoms with Crippen LogP contribution in [0.4, 0.5) is 5.69 Å². The van der Waals surface area contributed by atoms with E-state index in [1.165, 1.54) is 38.5 Å². The molecule has 0 aliphatic heterocycles. The van der Waals surface area contributed by atoms with Crippen LogP contribution in [0.2, 0.25) is 0 Å². The summed E-state index contributed by atoms with van der Waals surface area (Å²) in [6.45, 7) is 1.96. The number of methoxy groups -OCH3 is 2. The molecule has 0 heterocycles. The highest BCUT2D eigenvalue weighted by molar-refractivity contribution is 7.92. The second kappa shape index (κ2) is 12.3. The van der Waals surface area contributed by atoms with E-state index in [0.717, 1.165) is 5.56 Å². The number of benzene rings is 3. The summed E-state index contributed by atoms with van der Waals surface area (Å²) in [5.74, 6) is -0.123. The maximum Gasteiger partial charge on any atom is 0.262 e. The number of hydrogen-bond acceptors (Lipinski definition) is 7. The van der Waals surface area contributed by atoms with Crippen molar-refractivity contribution in [2.45, 2.75) is 24.8 Å². The smallest absolute Gasteiger partial charge is 0.262 e. The Bertz CT molecular complexity index is 1400. The fraction of sp³-hybridized carbons (Fsp3) is 0.200. The van der Waals surface area contributed by atoms with Crippen LogP contribution in [-0.2, 0) is 27.8 Å². The third-order valence-corrected chi connectivity index (χ3v) is 6.88. The Morgan fingerprint density at radius 2 is 1.68 bits per heavy atom. The third kappa shape index (κ3) is 7.05. The number of phenolic OH excluding ortho intramolecular Hbond substituents is 1. The predicted molar refractivity (Wildman–Crippen MR) is 143 cm³/mol. The molecule has 0 radical (unpaired) electrons. The van der Waals surface area contributed by atoms with Crippen molar-refractivity contribution in [3.05, 3.63) is 76.9 Å². The summed E-state index contributed by atoms with van der Waals surface area (Å²) in [5, 5.41) is 21.0. The number of aromatic hydroxyl groups is 1. The van der Waals surface area contributed by atoms with Crippen LogP contribution in [0.25, 0.3) is 0 Å². The van der Waals surface area contributed by atoms with Gasteiger partial charge in [-0.2, -0.15) is 0 Å². The molecule has 10 nitrogen and oxygen atoms in total. The number of carbonyl (C=O) groups is 1. The van der Waals surface area contributed by atoms with Gasteiger partial charge in [-0.25, -0.2) is 8.42 Å². The van der Waals surface area contributed by atoms with Gasteiger partial charge in [-0.15, -0.1) is 12.4 Å². The summed E-state index contributed by atoms with van der Waals surface area (Å²) in [6, 6.07) is 14.1. The number of carbonyl (C=O) groups excluding carboxylic acids is 1. The van der Waals surface area contributed by atoms with Gasteiger partial charge in [0.15, 0.2) is 11.5 Å². The molecule has 1 amide bonds. The van der Waals surface area contributed by atoms with E-state index < -0.39 is 10.0 Å². The van der Waals surface area contributed by atoms with Gasteiger partial charge in [0, 0.05) is 23.7 Å². The molecule has 3 rings (SSSR count). The number of aryl methyl sites for hydroxylation is 1. The molecule has 0 aromatic heterocycles. The van der Waals surface area contributed by atoms with Crippen molar-refractivity contribution in [2.75, 3.05) is 18.9 Å². The number of nitrogens with one attached hydrogen (secondary N) is 3. The van der Waals surface area contributed by atoms with Crippen molar-refractivity contribution in [1.82, 2.24) is 5.32 Å². The molecule has 0 saturated carbocycles. The van der Waals surface area contributed by atoms with Gasteiger partial charge in [-0.3, -0.25) is 14.9 Å². The Kier molecular flexibility index (Phi) is 9.75. The van der Waals surface area contributed by atoms with Crippen molar-refractivity contribution in [2.24, 2.45) is 5.73 Å². The van der Waals surface area contributed by atoms with E-state index in [2.05, 4.69) is 10.0 Å². The van der Waals surface area contributed by atoms with Gasteiger partial charge in [0.1, 0.15) is 11.6 Å². The van der Waals surface area contributed by atoms with E-state index in [0.29, 0.717) is 22.4 Å². The highest BCUT2D eigenvalue weighted by atomic mass is 35.5. The summed E-state index contributed by atoms with van der Waals surface area (Å²) in [4.78, 5) is 12.5. The zero-order valence-electron chi connectivity index (χ0n) is 20.5. The molecule has 6 N–H and O–H groups in total. The van der Waals surface area contributed by atoms with Crippen molar-refractivity contribution >= 4 is 39.9 Å². The Morgan fingerprint density at radius 3 is 2.27 bits per heavy atom. The second-order valence-corrected chi connectivity index (χ2v) is 9.63. The van der Waals surface area contributed by atoms with E-state index in [-0.39, 0.29) is 59.2 Å². The molecule has 0 saturated heterocycles. The fourth-order valence-electron chi connectivity index (χ4n) is 3.46. The molecule has 0 atom stereocenters. The zero-order chi connectivity index (χ0) is 26.5. The van der Waals surface area contributed by atoms with Crippen molar-refractivity contribution in [3.8, 4) is 17.2 Å². The van der Waals surface area contributed by atoms with Gasteiger partial charge in [0.25, 0.3) is 10.0 Å². The summed E-state index contributed by atoms with van der Waals surface area (Å²) in [7, 11) is -1.24. The minimum atomic E-state index is -4.08. The van der Waals surface area contributed by atoms with Crippen molar-refractivity contribution in [1.29, 1.82) is 5.41 Å². The van der Waals surface area contributed by atoms with Crippen LogP contribution in [-0.4, -0.2) is 39.5 Å². The van der Waals surface area contributed by atoms with Gasteiger partial charge < -0.3 is 25.6 Å². The maximum atomic E-state index is 12.9. The molecule has 37 heavy (non-hydrogen) atoms. The summed E-state index contributed by atoms with van der Waals surface area (Å²) in [6.07, 6.45) is -0.158. The lowest BCUT2D eigenvalue weighted by atomic mass is 10.0. The van der Waals surface area contributed by atoms with E-state index in [1.54, 1.807) is 37.3 Å². The molecule has 12 heteroatoms. The minimum absolute atomic E-state index is 0. The average molecular weight is 549 g/mol. The Hall–Kier alpha value is -3.96. The first-order chi connectivity index (χ1) is 17.1. The summed E-state index contributed by atoms with van der Waals surface area (Å²) >= 11 is 0. The number of hydrogen-bond donors (Lipinski definition) is 5. The molecule has 0 aliphatic carbocycles. The van der Waals surface area contributed by atoms with E-state index >= 15 is 0 Å². The van der Waals surface area contributed by atoms with Gasteiger partial charge in [0.2, 0.25) is 5.91 Å². The SMILES string of the molecule is COc1ccc(S(=O)(=O)Nc2ccc(C)c(CC(=O)NCc3ccc(C(=N)N)cc3)c2O)cc1OC.Cl. The number of halogens is 1. The number of nitrogen functional groups attached to an aromatic ring is 1. The van der Waals surface area contributed by atoms with Crippen LogP contribution >= 0.6 is 12.4 Å². The lowest BCUT2D eigenvalue weighted by Crippen LogP contribution is -2.25. The van der Waals surface area contributed by atoms with Crippen LogP contribution in [0.5, 0.6) is 17.2 Å². The lowest BCUT2D eigenvalue weighted by molar-refractivity contribution is -0.120. The molecular formula is C25H29ClN4O6S. The number of rotatable bonds is 10. The van der Waals surface area contributed by atoms with Crippen LogP contribution in [0.15, 0.2) is 59.5 Å². The van der Waals surface area contributed by atoms with Crippen LogP contribution in [0, 0.1) is 12.3 Å². The molecule has 0 bridgehead atoms. The van der Waals surface area contributed by atoms with Gasteiger partial charge >= 0.3 is 0 Å². The number of phenols is 1. The lowest BCUT2D eigenvalue weighted by Gasteiger charge is -2.15. The number of ether oxygens (including phenoxy) is 2. The monoisotopic (exact) mass is 548 g/mol. The fourth-order valence-corrected chi connectivity index (χ4v) is 4.54. The third-order valence-electron chi connectivity index (χ3n) is 5.52. The van der Waals surface area contributed by atoms with Gasteiger partial charge in [-0.1, -0.05) is 30.3 Å². The van der Waals surface area contributed by atoms with E-state index in [9.17, 15) is 18.3 Å². The second-order valence-electron chi connectivity index (χ2n) is 7.94. The van der Waals surface area contributed by atoms with E-state index in [1.807, 2.05) is 0 Å². The number of sulfonamides is 1. The Labute approximate surface area is 221 Å². The first-order valence-electron chi connectivity index (χ1n) is 10.8. The largest absolute Gasteiger partial charge is 0.505 e. The first kappa shape index (κ1) is 29.3. The standard InChI is InChI=1S/C25H28N4O6S.ClH/c1-15-4-10-20(29-36(32,33)18-9-11-21(34-2)22(12-18)35-3)24(31)19(15)13-23(30)28-14-16-5-7-17(8-6-16)25(26)27;/h4-12,29,31H,13-14H2,1-3H3,(H3,26,27)(H,28,30);1H. The van der Waals surface area contributed by atoms with Crippen LogP contribution < -0.4 is 25.2 Å². The predicted octanol–water partition coefficient (Wildman–Crippen LogP) is 3.08. The highest BCUT2D eigenvalue weighted by Crippen LogP contribution is 2.34. The number of anilines is 1. The molecule has 0 fully saturated rings. The molecule has 0 unspecified atom stereocenters. The topological polar surface area (TPSA) is 164 Å². The summed E-state index contributed by atoms with van der Waals surface area (Å²) < 4.78 is 38.6. The Balaban J connectivity index is 0.00000481. The molecule has 3 aromatic rings. The van der Waals surface area contributed by atoms with Gasteiger partial charge in [0.05, 0.1) is 31.2 Å². The normalized spacial score (nSPS) is 10.7. The van der Waals surface area contributed by atoms with Gasteiger partial charge in [-0.05, 0) is 36.2 Å². The minimum Gasteiger partial charge on any atom is -0.505 e. The first-order valence-corrected chi connectivity index (χ1v) is 12.3. The molecule has 3 aromatic carbocycles. The maximum absolute atomic E-state index is 12.9.